The molecule has 0 bridgehead atoms. The Morgan fingerprint density at radius 1 is 1.15 bits per heavy atom. The highest BCUT2D eigenvalue weighted by Crippen LogP contribution is 2.16. The van der Waals surface area contributed by atoms with Crippen LogP contribution in [0.15, 0.2) is 65.7 Å². The number of fused-ring (bicyclic) bond motifs is 1. The summed E-state index contributed by atoms with van der Waals surface area (Å²) >= 11 is 11.2. The van der Waals surface area contributed by atoms with Crippen molar-refractivity contribution in [3.63, 3.8) is 0 Å². The van der Waals surface area contributed by atoms with Crippen LogP contribution in [0.5, 0.6) is 5.75 Å². The molecule has 0 saturated heterocycles. The van der Waals surface area contributed by atoms with Crippen LogP contribution in [-0.2, 0) is 6.73 Å². The molecule has 2 aromatic carbocycles. The van der Waals surface area contributed by atoms with Crippen molar-refractivity contribution in [2.45, 2.75) is 6.73 Å². The fraction of sp³-hybridized carbons (Fsp3) is 0.0556. The zero-order valence-electron chi connectivity index (χ0n) is 13.4. The van der Waals surface area contributed by atoms with E-state index >= 15 is 0 Å². The fourth-order valence-electron chi connectivity index (χ4n) is 2.61. The minimum absolute atomic E-state index is 0.192. The van der Waals surface area contributed by atoms with Gasteiger partial charge < -0.3 is 9.72 Å². The lowest BCUT2D eigenvalue weighted by molar-refractivity contribution is 0.221. The molecule has 130 valence electrons. The first-order chi connectivity index (χ1) is 12.6. The van der Waals surface area contributed by atoms with Gasteiger partial charge in [-0.15, -0.1) is 0 Å². The average molecular weight is 385 g/mol. The van der Waals surface area contributed by atoms with Gasteiger partial charge in [0.25, 0.3) is 5.56 Å². The second-order valence-electron chi connectivity index (χ2n) is 5.58. The van der Waals surface area contributed by atoms with E-state index in [0.717, 1.165) is 0 Å². The number of para-hydroxylation sites is 1. The quantitative estimate of drug-likeness (QED) is 0.541. The van der Waals surface area contributed by atoms with Crippen molar-refractivity contribution in [2.24, 2.45) is 0 Å². The van der Waals surface area contributed by atoms with Gasteiger partial charge in [-0.05, 0) is 48.6 Å². The molecule has 4 rings (SSSR count). The number of halogens is 1. The molecule has 2 aromatic heterocycles. The molecule has 0 unspecified atom stereocenters. The van der Waals surface area contributed by atoms with E-state index in [1.54, 1.807) is 47.4 Å². The smallest absolute Gasteiger partial charge is 0.266 e. The molecule has 6 nitrogen and oxygen atoms in total. The Morgan fingerprint density at radius 2 is 1.92 bits per heavy atom. The second kappa shape index (κ2) is 6.78. The molecule has 1 N–H and O–H groups in total. The van der Waals surface area contributed by atoms with Gasteiger partial charge in [-0.2, -0.15) is 5.10 Å². The lowest BCUT2D eigenvalue weighted by Crippen LogP contribution is -2.20. The predicted molar refractivity (Wildman–Crippen MR) is 103 cm³/mol. The van der Waals surface area contributed by atoms with E-state index in [0.29, 0.717) is 32.1 Å². The molecule has 0 atom stereocenters. The molecule has 2 heterocycles. The van der Waals surface area contributed by atoms with Crippen molar-refractivity contribution in [3.05, 3.63) is 81.1 Å². The van der Waals surface area contributed by atoms with Gasteiger partial charge in [-0.1, -0.05) is 23.7 Å². The Bertz CT molecular complexity index is 1190. The highest BCUT2D eigenvalue weighted by atomic mass is 35.5. The number of ether oxygens (including phenoxy) is 1. The van der Waals surface area contributed by atoms with Gasteiger partial charge in [0.2, 0.25) is 0 Å². The number of hydrogen-bond donors (Lipinski definition) is 1. The third-order valence-corrected chi connectivity index (χ3v) is 4.40. The van der Waals surface area contributed by atoms with Crippen LogP contribution in [0.3, 0.4) is 0 Å². The van der Waals surface area contributed by atoms with Gasteiger partial charge >= 0.3 is 0 Å². The summed E-state index contributed by atoms with van der Waals surface area (Å²) in [7, 11) is 0. The van der Waals surface area contributed by atoms with E-state index in [1.165, 1.54) is 4.57 Å². The van der Waals surface area contributed by atoms with Crippen LogP contribution in [0.2, 0.25) is 5.02 Å². The minimum Gasteiger partial charge on any atom is -0.471 e. The van der Waals surface area contributed by atoms with Crippen LogP contribution in [-0.4, -0.2) is 19.3 Å². The maximum absolute atomic E-state index is 12.8. The Kier molecular flexibility index (Phi) is 4.32. The van der Waals surface area contributed by atoms with E-state index in [9.17, 15) is 4.79 Å². The first kappa shape index (κ1) is 16.6. The molecular weight excluding hydrogens is 372 g/mol. The molecule has 8 heteroatoms. The Balaban J connectivity index is 1.64. The van der Waals surface area contributed by atoms with Crippen LogP contribution in [0.4, 0.5) is 0 Å². The topological polar surface area (TPSA) is 64.8 Å². The van der Waals surface area contributed by atoms with E-state index in [-0.39, 0.29) is 12.3 Å². The summed E-state index contributed by atoms with van der Waals surface area (Å²) in [5, 5.41) is 5.44. The number of rotatable bonds is 4. The number of benzene rings is 2. The minimum atomic E-state index is -0.192. The van der Waals surface area contributed by atoms with E-state index in [2.05, 4.69) is 10.1 Å². The number of aromatic nitrogens is 4. The van der Waals surface area contributed by atoms with Crippen molar-refractivity contribution in [1.82, 2.24) is 19.3 Å². The summed E-state index contributed by atoms with van der Waals surface area (Å²) in [6.07, 6.45) is 3.28. The van der Waals surface area contributed by atoms with Gasteiger partial charge in [0.05, 0.1) is 29.0 Å². The SMILES string of the molecule is O=c1c2ccccc2[nH]c(=S)n1-c1cnn(COc2ccc(Cl)cc2)c1. The molecule has 0 spiro atoms. The van der Waals surface area contributed by atoms with Crippen LogP contribution in [0.25, 0.3) is 16.6 Å². The highest BCUT2D eigenvalue weighted by molar-refractivity contribution is 7.71. The molecule has 4 aromatic rings. The average Bonchev–Trinajstić information content (AvgIpc) is 3.10. The molecule has 0 amide bonds. The highest BCUT2D eigenvalue weighted by Gasteiger charge is 2.09. The van der Waals surface area contributed by atoms with Gasteiger partial charge in [0.1, 0.15) is 5.75 Å². The lowest BCUT2D eigenvalue weighted by Gasteiger charge is -2.06. The zero-order chi connectivity index (χ0) is 18.1. The molecule has 0 fully saturated rings. The van der Waals surface area contributed by atoms with Crippen LogP contribution < -0.4 is 10.3 Å². The Morgan fingerprint density at radius 3 is 2.73 bits per heavy atom. The molecule has 0 aliphatic rings. The molecule has 26 heavy (non-hydrogen) atoms. The number of aromatic amines is 1. The first-order valence-electron chi connectivity index (χ1n) is 7.77. The van der Waals surface area contributed by atoms with E-state index in [1.807, 2.05) is 18.2 Å². The summed E-state index contributed by atoms with van der Waals surface area (Å²) in [4.78, 5) is 15.8. The molecule has 0 aliphatic carbocycles. The van der Waals surface area contributed by atoms with Crippen molar-refractivity contribution >= 4 is 34.7 Å². The first-order valence-corrected chi connectivity index (χ1v) is 8.56. The number of hydrogen-bond acceptors (Lipinski definition) is 4. The number of nitrogens with one attached hydrogen (secondary N) is 1. The second-order valence-corrected chi connectivity index (χ2v) is 6.40. The lowest BCUT2D eigenvalue weighted by atomic mass is 10.2. The van der Waals surface area contributed by atoms with Crippen molar-refractivity contribution in [2.75, 3.05) is 0 Å². The predicted octanol–water partition coefficient (Wildman–Crippen LogP) is 3.93. The monoisotopic (exact) mass is 384 g/mol. The van der Waals surface area contributed by atoms with Gasteiger partial charge in [-0.3, -0.25) is 4.79 Å². The summed E-state index contributed by atoms with van der Waals surface area (Å²) < 4.78 is 8.96. The van der Waals surface area contributed by atoms with Crippen molar-refractivity contribution in [1.29, 1.82) is 0 Å². The maximum atomic E-state index is 12.8. The largest absolute Gasteiger partial charge is 0.471 e. The van der Waals surface area contributed by atoms with Crippen molar-refractivity contribution in [3.8, 4) is 11.4 Å². The molecule has 0 saturated carbocycles. The third kappa shape index (κ3) is 3.14. The van der Waals surface area contributed by atoms with Crippen LogP contribution in [0.1, 0.15) is 0 Å². The Labute approximate surface area is 158 Å². The summed E-state index contributed by atoms with van der Waals surface area (Å²) in [6, 6.07) is 14.3. The standard InChI is InChI=1S/C18H13ClN4O2S/c19-12-5-7-14(8-6-12)25-11-22-10-13(9-20-22)23-17(24)15-3-1-2-4-16(15)21-18(23)26/h1-10H,11H2,(H,21,26). The van der Waals surface area contributed by atoms with Gasteiger partial charge in [-0.25, -0.2) is 9.25 Å². The molecule has 0 aliphatic heterocycles. The van der Waals surface area contributed by atoms with Crippen LogP contribution >= 0.6 is 23.8 Å². The van der Waals surface area contributed by atoms with E-state index in [4.69, 9.17) is 28.6 Å². The molecule has 0 radical (unpaired) electrons. The third-order valence-electron chi connectivity index (χ3n) is 3.86. The zero-order valence-corrected chi connectivity index (χ0v) is 15.0. The van der Waals surface area contributed by atoms with Crippen LogP contribution in [0, 0.1) is 4.77 Å². The van der Waals surface area contributed by atoms with Crippen molar-refractivity contribution < 1.29 is 4.74 Å². The summed E-state index contributed by atoms with van der Waals surface area (Å²) in [6.45, 7) is 0.195. The normalized spacial score (nSPS) is 11.0. The van der Waals surface area contributed by atoms with Gasteiger partial charge in [0, 0.05) is 5.02 Å². The van der Waals surface area contributed by atoms with E-state index < -0.39 is 0 Å². The Hall–Kier alpha value is -2.90. The number of nitrogens with zero attached hydrogens (tertiary/aromatic N) is 3. The fourth-order valence-corrected chi connectivity index (χ4v) is 3.03. The summed E-state index contributed by atoms with van der Waals surface area (Å²) in [5.41, 5.74) is 1.08. The maximum Gasteiger partial charge on any atom is 0.266 e. The van der Waals surface area contributed by atoms with Gasteiger partial charge in [0.15, 0.2) is 11.5 Å². The molecular formula is C18H13ClN4O2S. The summed E-state index contributed by atoms with van der Waals surface area (Å²) in [5.74, 6) is 0.673. The number of H-pyrrole nitrogens is 1.